The predicted octanol–water partition coefficient (Wildman–Crippen LogP) is -0.996. The number of carbonyl (C=O) groups is 4. The van der Waals surface area contributed by atoms with Crippen molar-refractivity contribution in [1.82, 2.24) is 10.2 Å². The summed E-state index contributed by atoms with van der Waals surface area (Å²) >= 11 is 0. The van der Waals surface area contributed by atoms with E-state index in [4.69, 9.17) is 16.6 Å². The highest BCUT2D eigenvalue weighted by Crippen LogP contribution is 2.02. The van der Waals surface area contributed by atoms with Gasteiger partial charge in [0.25, 0.3) is 0 Å². The Morgan fingerprint density at radius 3 is 1.90 bits per heavy atom. The number of amides is 4. The van der Waals surface area contributed by atoms with Crippen LogP contribution in [0.4, 0.5) is 4.79 Å². The molecule has 4 amide bonds. The van der Waals surface area contributed by atoms with Crippen LogP contribution in [0, 0.1) is 0 Å². The molecule has 0 atom stereocenters. The summed E-state index contributed by atoms with van der Waals surface area (Å²) in [5, 5.41) is 11.0. The van der Waals surface area contributed by atoms with Gasteiger partial charge in [-0.3, -0.25) is 14.4 Å². The fourth-order valence-electron chi connectivity index (χ4n) is 1.64. The van der Waals surface area contributed by atoms with Crippen molar-refractivity contribution in [2.75, 3.05) is 19.6 Å². The zero-order valence-corrected chi connectivity index (χ0v) is 11.8. The van der Waals surface area contributed by atoms with E-state index < -0.39 is 23.8 Å². The molecule has 6 N–H and O–H groups in total. The van der Waals surface area contributed by atoms with Crippen LogP contribution in [0.1, 0.15) is 32.1 Å². The maximum absolute atomic E-state index is 11.7. The Hall–Kier alpha value is -2.32. The first-order chi connectivity index (χ1) is 9.82. The molecule has 0 rings (SSSR count). The predicted molar refractivity (Wildman–Crippen MR) is 74.1 cm³/mol. The molecule has 0 aromatic heterocycles. The molecular formula is C12H22N4O5. The number of hydrogen-bond donors (Lipinski definition) is 4. The first kappa shape index (κ1) is 18.7. The van der Waals surface area contributed by atoms with Crippen LogP contribution in [-0.2, 0) is 14.4 Å². The van der Waals surface area contributed by atoms with Gasteiger partial charge in [-0.15, -0.1) is 0 Å². The van der Waals surface area contributed by atoms with Gasteiger partial charge in [-0.1, -0.05) is 12.8 Å². The first-order valence-corrected chi connectivity index (χ1v) is 6.64. The Balaban J connectivity index is 3.89. The van der Waals surface area contributed by atoms with Gasteiger partial charge in [-0.2, -0.15) is 0 Å². The molecule has 0 aromatic carbocycles. The maximum atomic E-state index is 11.7. The van der Waals surface area contributed by atoms with Crippen LogP contribution in [0.3, 0.4) is 0 Å². The number of rotatable bonds is 11. The average Bonchev–Trinajstić information content (AvgIpc) is 2.35. The van der Waals surface area contributed by atoms with E-state index in [1.54, 1.807) is 0 Å². The van der Waals surface area contributed by atoms with Crippen LogP contribution < -0.4 is 16.8 Å². The lowest BCUT2D eigenvalue weighted by atomic mass is 10.1. The fraction of sp³-hybridized carbons (Fsp3) is 0.667. The molecule has 21 heavy (non-hydrogen) atoms. The summed E-state index contributed by atoms with van der Waals surface area (Å²) in [4.78, 5) is 44.5. The number of unbranched alkanes of at least 4 members (excludes halogenated alkanes) is 3. The van der Waals surface area contributed by atoms with Crippen molar-refractivity contribution in [1.29, 1.82) is 0 Å². The molecule has 0 heterocycles. The molecule has 9 heteroatoms. The van der Waals surface area contributed by atoms with Gasteiger partial charge in [0, 0.05) is 13.0 Å². The van der Waals surface area contributed by atoms with Gasteiger partial charge in [0.2, 0.25) is 11.8 Å². The van der Waals surface area contributed by atoms with Crippen molar-refractivity contribution < 1.29 is 24.3 Å². The second-order valence-electron chi connectivity index (χ2n) is 4.58. The number of urea groups is 1. The molecule has 0 bridgehead atoms. The van der Waals surface area contributed by atoms with Crippen molar-refractivity contribution in [3.8, 4) is 0 Å². The third kappa shape index (κ3) is 11.2. The summed E-state index contributed by atoms with van der Waals surface area (Å²) in [5.74, 6) is -2.29. The number of carbonyl (C=O) groups excluding carboxylic acids is 3. The van der Waals surface area contributed by atoms with Crippen LogP contribution in [0.25, 0.3) is 0 Å². The number of nitrogens with two attached hydrogens (primary N) is 2. The number of aliphatic carboxylic acids is 1. The summed E-state index contributed by atoms with van der Waals surface area (Å²) < 4.78 is 0. The van der Waals surface area contributed by atoms with Crippen molar-refractivity contribution >= 4 is 23.8 Å². The molecule has 0 aliphatic carbocycles. The van der Waals surface area contributed by atoms with Gasteiger partial charge < -0.3 is 26.8 Å². The molecule has 0 radical (unpaired) electrons. The number of nitrogens with zero attached hydrogens (tertiary/aromatic N) is 1. The van der Waals surface area contributed by atoms with Gasteiger partial charge in [-0.25, -0.2) is 4.79 Å². The monoisotopic (exact) mass is 302 g/mol. The highest BCUT2D eigenvalue weighted by molar-refractivity contribution is 5.87. The second kappa shape index (κ2) is 10.5. The summed E-state index contributed by atoms with van der Waals surface area (Å²) in [6, 6.07) is -0.585. The summed E-state index contributed by atoms with van der Waals surface area (Å²) in [7, 11) is 0. The van der Waals surface area contributed by atoms with E-state index in [0.717, 1.165) is 17.7 Å². The summed E-state index contributed by atoms with van der Waals surface area (Å²) in [6.07, 6.45) is 2.94. The molecule has 0 unspecified atom stereocenters. The standard InChI is InChI=1S/C12H22N4O5/c13-9(17)7-16(8-10(14)18)12(21)15-6-4-2-1-3-5-11(19)20/h1-8H2,(H2,13,17)(H2,14,18)(H,15,21)(H,19,20). The highest BCUT2D eigenvalue weighted by Gasteiger charge is 2.17. The van der Waals surface area contributed by atoms with Crippen LogP contribution in [-0.4, -0.2) is 53.5 Å². The minimum Gasteiger partial charge on any atom is -0.481 e. The van der Waals surface area contributed by atoms with E-state index in [1.165, 1.54) is 0 Å². The van der Waals surface area contributed by atoms with Gasteiger partial charge in [0.05, 0.1) is 0 Å². The lowest BCUT2D eigenvalue weighted by molar-refractivity contribution is -0.137. The van der Waals surface area contributed by atoms with E-state index in [2.05, 4.69) is 5.32 Å². The average molecular weight is 302 g/mol. The molecule has 0 saturated heterocycles. The quantitative estimate of drug-likeness (QED) is 0.360. The number of hydrogen-bond acceptors (Lipinski definition) is 4. The Kier molecular flexibility index (Phi) is 9.31. The maximum Gasteiger partial charge on any atom is 0.318 e. The number of primary amides is 2. The normalized spacial score (nSPS) is 9.90. The zero-order chi connectivity index (χ0) is 16.3. The minimum absolute atomic E-state index is 0.136. The Labute approximate surface area is 122 Å². The van der Waals surface area contributed by atoms with E-state index in [0.29, 0.717) is 19.4 Å². The van der Waals surface area contributed by atoms with Crippen molar-refractivity contribution in [2.45, 2.75) is 32.1 Å². The first-order valence-electron chi connectivity index (χ1n) is 6.64. The third-order valence-electron chi connectivity index (χ3n) is 2.57. The Bertz CT molecular complexity index is 370. The molecular weight excluding hydrogens is 280 g/mol. The van der Waals surface area contributed by atoms with Crippen molar-refractivity contribution in [2.24, 2.45) is 11.5 Å². The summed E-state index contributed by atoms with van der Waals surface area (Å²) in [5.41, 5.74) is 9.96. The van der Waals surface area contributed by atoms with E-state index in [9.17, 15) is 19.2 Å². The lowest BCUT2D eigenvalue weighted by Crippen LogP contribution is -2.48. The van der Waals surface area contributed by atoms with Crippen LogP contribution in [0.15, 0.2) is 0 Å². The lowest BCUT2D eigenvalue weighted by Gasteiger charge is -2.19. The van der Waals surface area contributed by atoms with Crippen LogP contribution >= 0.6 is 0 Å². The molecule has 0 aliphatic heterocycles. The van der Waals surface area contributed by atoms with Gasteiger partial charge in [0.1, 0.15) is 13.1 Å². The zero-order valence-electron chi connectivity index (χ0n) is 11.8. The van der Waals surface area contributed by atoms with Gasteiger partial charge >= 0.3 is 12.0 Å². The van der Waals surface area contributed by atoms with Crippen molar-refractivity contribution in [3.05, 3.63) is 0 Å². The Morgan fingerprint density at radius 2 is 1.43 bits per heavy atom. The molecule has 0 spiro atoms. The molecule has 120 valence electrons. The number of carboxylic acids is 1. The SMILES string of the molecule is NC(=O)CN(CC(N)=O)C(=O)NCCCCCCC(=O)O. The topological polar surface area (TPSA) is 156 Å². The van der Waals surface area contributed by atoms with Crippen LogP contribution in [0.5, 0.6) is 0 Å². The largest absolute Gasteiger partial charge is 0.481 e. The molecule has 0 fully saturated rings. The molecule has 9 nitrogen and oxygen atoms in total. The minimum atomic E-state index is -0.822. The van der Waals surface area contributed by atoms with Gasteiger partial charge in [0.15, 0.2) is 0 Å². The van der Waals surface area contributed by atoms with Crippen molar-refractivity contribution in [3.63, 3.8) is 0 Å². The fourth-order valence-corrected chi connectivity index (χ4v) is 1.64. The smallest absolute Gasteiger partial charge is 0.318 e. The number of carboxylic acid groups (broad SMARTS) is 1. The summed E-state index contributed by atoms with van der Waals surface area (Å²) in [6.45, 7) is -0.402. The second-order valence-corrected chi connectivity index (χ2v) is 4.58. The number of nitrogens with one attached hydrogen (secondary N) is 1. The Morgan fingerprint density at radius 1 is 0.905 bits per heavy atom. The van der Waals surface area contributed by atoms with E-state index in [1.807, 2.05) is 0 Å². The molecule has 0 saturated carbocycles. The molecule has 0 aliphatic rings. The highest BCUT2D eigenvalue weighted by atomic mass is 16.4. The molecule has 0 aromatic rings. The third-order valence-corrected chi connectivity index (χ3v) is 2.57. The van der Waals surface area contributed by atoms with Gasteiger partial charge in [-0.05, 0) is 12.8 Å². The van der Waals surface area contributed by atoms with E-state index in [-0.39, 0.29) is 19.5 Å². The van der Waals surface area contributed by atoms with E-state index >= 15 is 0 Å². The van der Waals surface area contributed by atoms with Crippen LogP contribution in [0.2, 0.25) is 0 Å².